The zero-order valence-electron chi connectivity index (χ0n) is 8.38. The minimum atomic E-state index is -3.61. The summed E-state index contributed by atoms with van der Waals surface area (Å²) in [5, 5.41) is 5.92. The highest BCUT2D eigenvalue weighted by atomic mass is 32.2. The van der Waals surface area contributed by atoms with Gasteiger partial charge in [0, 0.05) is 0 Å². The number of nitrogens with zero attached hydrogens (tertiary/aromatic N) is 1. The molecular weight excluding hydrogens is 267 g/mol. The first-order valence-corrected chi connectivity index (χ1v) is 6.56. The molecule has 0 unspecified atom stereocenters. The Labute approximate surface area is 101 Å². The third-order valence-corrected chi connectivity index (χ3v) is 3.76. The van der Waals surface area contributed by atoms with Gasteiger partial charge in [-0.1, -0.05) is 0 Å². The fourth-order valence-corrected chi connectivity index (χ4v) is 2.52. The molecule has 0 aliphatic carbocycles. The molecule has 0 atom stereocenters. The molecule has 0 aliphatic rings. The van der Waals surface area contributed by atoms with Crippen LogP contribution in [0.1, 0.15) is 5.89 Å². The van der Waals surface area contributed by atoms with Crippen molar-refractivity contribution in [2.75, 3.05) is 0 Å². The van der Waals surface area contributed by atoms with Gasteiger partial charge in [-0.25, -0.2) is 17.9 Å². The SMILES string of the molecule is O=S(=O)(Cc1n[nH]c(=S)o1)c1ccc(F)cc1. The standard InChI is InChI=1S/C9H7FN2O3S2/c10-6-1-3-7(4-2-6)17(13,14)5-8-11-12-9(16)15-8/h1-4H,5H2,(H,12,16). The quantitative estimate of drug-likeness (QED) is 0.682. The van der Waals surface area contributed by atoms with Crippen LogP contribution < -0.4 is 0 Å². The highest BCUT2D eigenvalue weighted by molar-refractivity contribution is 7.90. The van der Waals surface area contributed by atoms with Gasteiger partial charge in [-0.15, -0.1) is 5.10 Å². The van der Waals surface area contributed by atoms with Crippen molar-refractivity contribution in [3.8, 4) is 0 Å². The van der Waals surface area contributed by atoms with Crippen molar-refractivity contribution < 1.29 is 17.2 Å². The van der Waals surface area contributed by atoms with E-state index >= 15 is 0 Å². The fraction of sp³-hybridized carbons (Fsp3) is 0.111. The molecule has 0 saturated carbocycles. The van der Waals surface area contributed by atoms with Gasteiger partial charge in [-0.2, -0.15) is 0 Å². The molecule has 1 heterocycles. The molecule has 0 amide bonds. The molecule has 1 aromatic heterocycles. The summed E-state index contributed by atoms with van der Waals surface area (Å²) in [7, 11) is -3.61. The van der Waals surface area contributed by atoms with E-state index in [1.54, 1.807) is 0 Å². The Hall–Kier alpha value is -1.54. The molecule has 17 heavy (non-hydrogen) atoms. The van der Waals surface area contributed by atoms with Crippen LogP contribution in [-0.2, 0) is 15.6 Å². The van der Waals surface area contributed by atoms with Crippen LogP contribution in [0.4, 0.5) is 4.39 Å². The van der Waals surface area contributed by atoms with Crippen LogP contribution in [0.3, 0.4) is 0 Å². The summed E-state index contributed by atoms with van der Waals surface area (Å²) < 4.78 is 41.2. The Bertz CT molecular complexity index is 673. The van der Waals surface area contributed by atoms with Crippen molar-refractivity contribution in [2.45, 2.75) is 10.6 Å². The van der Waals surface area contributed by atoms with Crippen LogP contribution in [0.2, 0.25) is 0 Å². The number of aromatic nitrogens is 2. The van der Waals surface area contributed by atoms with Gasteiger partial charge in [-0.3, -0.25) is 0 Å². The van der Waals surface area contributed by atoms with E-state index in [1.807, 2.05) is 0 Å². The molecule has 1 aromatic carbocycles. The van der Waals surface area contributed by atoms with Crippen LogP contribution >= 0.6 is 12.2 Å². The largest absolute Gasteiger partial charge is 0.413 e. The molecule has 90 valence electrons. The molecule has 0 saturated heterocycles. The number of rotatable bonds is 3. The summed E-state index contributed by atoms with van der Waals surface area (Å²) in [4.78, 5) is 0.0114. The topological polar surface area (TPSA) is 76.0 Å². The van der Waals surface area contributed by atoms with E-state index in [2.05, 4.69) is 22.4 Å². The highest BCUT2D eigenvalue weighted by Crippen LogP contribution is 2.15. The molecule has 1 N–H and O–H groups in total. The lowest BCUT2D eigenvalue weighted by molar-refractivity contribution is 0.493. The van der Waals surface area contributed by atoms with Crippen LogP contribution in [0.15, 0.2) is 33.6 Å². The van der Waals surface area contributed by atoms with E-state index in [0.717, 1.165) is 12.1 Å². The van der Waals surface area contributed by atoms with Crippen LogP contribution in [0.25, 0.3) is 0 Å². The fourth-order valence-electron chi connectivity index (χ4n) is 1.21. The summed E-state index contributed by atoms with van der Waals surface area (Å²) >= 11 is 4.63. The number of sulfone groups is 1. The Morgan fingerprint density at radius 1 is 1.35 bits per heavy atom. The number of H-pyrrole nitrogens is 1. The van der Waals surface area contributed by atoms with E-state index in [9.17, 15) is 12.8 Å². The second kappa shape index (κ2) is 4.38. The summed E-state index contributed by atoms with van der Waals surface area (Å²) in [5.74, 6) is -0.952. The Morgan fingerprint density at radius 3 is 2.53 bits per heavy atom. The minimum absolute atomic E-state index is 0.00279. The predicted octanol–water partition coefficient (Wildman–Crippen LogP) is 1.85. The Morgan fingerprint density at radius 2 is 2.00 bits per heavy atom. The van der Waals surface area contributed by atoms with Gasteiger partial charge >= 0.3 is 0 Å². The molecule has 0 radical (unpaired) electrons. The number of halogens is 1. The predicted molar refractivity (Wildman–Crippen MR) is 59.0 cm³/mol. The number of hydrogen-bond donors (Lipinski definition) is 1. The maximum absolute atomic E-state index is 12.7. The van der Waals surface area contributed by atoms with E-state index in [0.29, 0.717) is 0 Å². The molecule has 5 nitrogen and oxygen atoms in total. The summed E-state index contributed by atoms with van der Waals surface area (Å²) in [6, 6.07) is 4.53. The number of hydrogen-bond acceptors (Lipinski definition) is 5. The molecule has 0 spiro atoms. The molecule has 0 bridgehead atoms. The van der Waals surface area contributed by atoms with Crippen molar-refractivity contribution in [3.05, 3.63) is 40.8 Å². The second-order valence-corrected chi connectivity index (χ2v) is 5.58. The zero-order valence-corrected chi connectivity index (χ0v) is 10.0. The van der Waals surface area contributed by atoms with E-state index in [-0.39, 0.29) is 15.6 Å². The van der Waals surface area contributed by atoms with Crippen molar-refractivity contribution in [3.63, 3.8) is 0 Å². The maximum Gasteiger partial charge on any atom is 0.284 e. The first-order valence-electron chi connectivity index (χ1n) is 4.50. The van der Waals surface area contributed by atoms with Gasteiger partial charge in [0.25, 0.3) is 4.84 Å². The average molecular weight is 274 g/mol. The van der Waals surface area contributed by atoms with E-state index in [1.165, 1.54) is 12.1 Å². The first kappa shape index (κ1) is 11.9. The van der Waals surface area contributed by atoms with Crippen molar-refractivity contribution in [2.24, 2.45) is 0 Å². The lowest BCUT2D eigenvalue weighted by Crippen LogP contribution is -2.05. The van der Waals surface area contributed by atoms with E-state index in [4.69, 9.17) is 4.42 Å². The number of nitrogens with one attached hydrogen (secondary N) is 1. The van der Waals surface area contributed by atoms with Crippen molar-refractivity contribution in [1.82, 2.24) is 10.2 Å². The Kier molecular flexibility index (Phi) is 3.07. The maximum atomic E-state index is 12.7. The zero-order chi connectivity index (χ0) is 12.5. The Balaban J connectivity index is 2.31. The van der Waals surface area contributed by atoms with Gasteiger partial charge in [0.05, 0.1) is 4.90 Å². The smallest absolute Gasteiger partial charge is 0.284 e. The number of aromatic amines is 1. The monoisotopic (exact) mass is 274 g/mol. The normalized spacial score (nSPS) is 11.6. The molecule has 2 rings (SSSR count). The van der Waals surface area contributed by atoms with Crippen LogP contribution in [0, 0.1) is 10.7 Å². The van der Waals surface area contributed by atoms with Gasteiger partial charge < -0.3 is 4.42 Å². The molecule has 0 fully saturated rings. The third-order valence-electron chi connectivity index (χ3n) is 1.97. The summed E-state index contributed by atoms with van der Waals surface area (Å²) in [6.45, 7) is 0. The van der Waals surface area contributed by atoms with Gasteiger partial charge in [0.2, 0.25) is 5.89 Å². The third kappa shape index (κ3) is 2.77. The molecule has 8 heteroatoms. The second-order valence-electron chi connectivity index (χ2n) is 3.22. The number of benzene rings is 1. The van der Waals surface area contributed by atoms with Crippen molar-refractivity contribution in [1.29, 1.82) is 0 Å². The summed E-state index contributed by atoms with van der Waals surface area (Å²) in [5.41, 5.74) is 0. The van der Waals surface area contributed by atoms with Crippen molar-refractivity contribution >= 4 is 22.1 Å². The van der Waals surface area contributed by atoms with Crippen LogP contribution in [-0.4, -0.2) is 18.6 Å². The highest BCUT2D eigenvalue weighted by Gasteiger charge is 2.18. The van der Waals surface area contributed by atoms with Crippen LogP contribution in [0.5, 0.6) is 0 Å². The average Bonchev–Trinajstić information content (AvgIpc) is 2.63. The molecule has 2 aromatic rings. The molecular formula is C9H7FN2O3S2. The lowest BCUT2D eigenvalue weighted by Gasteiger charge is -2.00. The van der Waals surface area contributed by atoms with Gasteiger partial charge in [-0.05, 0) is 36.5 Å². The lowest BCUT2D eigenvalue weighted by atomic mass is 10.4. The van der Waals surface area contributed by atoms with E-state index < -0.39 is 21.4 Å². The summed E-state index contributed by atoms with van der Waals surface area (Å²) in [6.07, 6.45) is 0. The molecule has 0 aliphatic heterocycles. The van der Waals surface area contributed by atoms with Gasteiger partial charge in [0.1, 0.15) is 11.6 Å². The van der Waals surface area contributed by atoms with Gasteiger partial charge in [0.15, 0.2) is 9.84 Å². The minimum Gasteiger partial charge on any atom is -0.413 e. The first-order chi connectivity index (χ1) is 7.97.